The van der Waals surface area contributed by atoms with Crippen molar-refractivity contribution in [3.63, 3.8) is 0 Å². The number of hydrogen-bond acceptors (Lipinski definition) is 0. The van der Waals surface area contributed by atoms with Crippen molar-refractivity contribution in [1.82, 2.24) is 0 Å². The molecule has 58 valence electrons. The molecule has 0 radical (unpaired) electrons. The van der Waals surface area contributed by atoms with Gasteiger partial charge in [-0.2, -0.15) is 13.2 Å². The summed E-state index contributed by atoms with van der Waals surface area (Å²) in [6.45, 7) is 0. The number of halogens is 6. The first kappa shape index (κ1) is 12.3. The van der Waals surface area contributed by atoms with Gasteiger partial charge >= 0.3 is 9.97 Å². The van der Waals surface area contributed by atoms with E-state index in [1.54, 1.807) is 0 Å². The molecule has 1 nitrogen and oxygen atoms in total. The van der Waals surface area contributed by atoms with Crippen LogP contribution in [0.1, 0.15) is 0 Å². The molecule has 0 fully saturated rings. The number of alkyl halides is 6. The van der Waals surface area contributed by atoms with Crippen LogP contribution in [0.25, 0.3) is 0 Å². The maximum atomic E-state index is 11.5. The summed E-state index contributed by atoms with van der Waals surface area (Å²) in [4.78, 5) is 0. The third kappa shape index (κ3) is 4.08. The van der Waals surface area contributed by atoms with E-state index in [0.717, 1.165) is 0 Å². The summed E-state index contributed by atoms with van der Waals surface area (Å²) in [5, 5.41) is -4.23. The molecule has 9 heavy (non-hydrogen) atoms. The summed E-state index contributed by atoms with van der Waals surface area (Å²) >= 11 is 12.5. The van der Waals surface area contributed by atoms with Gasteiger partial charge in [0.05, 0.1) is 0 Å². The molecular weight excluding hydrogens is 203 g/mol. The molecule has 0 aromatic carbocycles. The van der Waals surface area contributed by atoms with Gasteiger partial charge in [0.25, 0.3) is 0 Å². The lowest BCUT2D eigenvalue weighted by atomic mass is 10.8. The highest BCUT2D eigenvalue weighted by Crippen LogP contribution is 2.42. The highest BCUT2D eigenvalue weighted by Gasteiger charge is 2.51. The zero-order valence-corrected chi connectivity index (χ0v) is 6.04. The zero-order valence-electron chi connectivity index (χ0n) is 3.77. The van der Waals surface area contributed by atoms with Gasteiger partial charge in [0, 0.05) is 0 Å². The predicted molar refractivity (Wildman–Crippen MR) is 30.0 cm³/mol. The molecule has 0 rings (SSSR count). The van der Waals surface area contributed by atoms with Gasteiger partial charge in [-0.15, -0.1) is 0 Å². The number of hydrogen-bond donors (Lipinski definition) is 0. The quantitative estimate of drug-likeness (QED) is 0.587. The van der Waals surface area contributed by atoms with E-state index in [1.807, 2.05) is 0 Å². The van der Waals surface area contributed by atoms with E-state index in [2.05, 4.69) is 34.8 Å². The average Bonchev–Trinajstić information content (AvgIpc) is 1.25. The van der Waals surface area contributed by atoms with Gasteiger partial charge in [0.1, 0.15) is 0 Å². The van der Waals surface area contributed by atoms with Crippen LogP contribution in [-0.4, -0.2) is 15.4 Å². The van der Waals surface area contributed by atoms with E-state index in [9.17, 15) is 13.2 Å². The molecule has 0 aliphatic heterocycles. The lowest BCUT2D eigenvalue weighted by molar-refractivity contribution is 0.0241. The Morgan fingerprint density at radius 3 is 1.00 bits per heavy atom. The fourth-order valence-corrected chi connectivity index (χ4v) is 0. The molecule has 0 heterocycles. The van der Waals surface area contributed by atoms with Crippen LogP contribution in [-0.2, 0) is 0 Å². The Morgan fingerprint density at radius 1 is 0.889 bits per heavy atom. The standard InChI is InChI=1S/C2Cl3F3.H2O/c3-1(4,6)2(5,7)8;/h;1H2. The zero-order chi connectivity index (χ0) is 7.00. The minimum atomic E-state index is -4.23. The van der Waals surface area contributed by atoms with Crippen molar-refractivity contribution in [2.45, 2.75) is 9.97 Å². The molecule has 0 atom stereocenters. The van der Waals surface area contributed by atoms with E-state index in [0.29, 0.717) is 0 Å². The summed E-state index contributed by atoms with van der Waals surface area (Å²) in [7, 11) is 0. The van der Waals surface area contributed by atoms with Crippen LogP contribution in [0.5, 0.6) is 0 Å². The Balaban J connectivity index is 0. The summed E-state index contributed by atoms with van der Waals surface area (Å²) in [6, 6.07) is 0. The van der Waals surface area contributed by atoms with Crippen molar-refractivity contribution >= 4 is 34.8 Å². The van der Waals surface area contributed by atoms with Crippen molar-refractivity contribution < 1.29 is 18.6 Å². The Labute approximate surface area is 64.0 Å². The van der Waals surface area contributed by atoms with E-state index < -0.39 is 9.97 Å². The first-order chi connectivity index (χ1) is 3.25. The SMILES string of the molecule is FC(F)(Cl)C(F)(Cl)Cl.O. The molecule has 0 saturated carbocycles. The summed E-state index contributed by atoms with van der Waals surface area (Å²) in [5.74, 6) is 0. The van der Waals surface area contributed by atoms with Crippen LogP contribution in [0, 0.1) is 0 Å². The fourth-order valence-electron chi connectivity index (χ4n) is 0. The Hall–Kier alpha value is 0.620. The van der Waals surface area contributed by atoms with E-state index in [1.165, 1.54) is 0 Å². The van der Waals surface area contributed by atoms with Crippen molar-refractivity contribution in [3.8, 4) is 0 Å². The molecule has 0 aromatic heterocycles. The number of rotatable bonds is 1. The Bertz CT molecular complexity index is 72.0. The molecule has 2 N–H and O–H groups in total. The molecule has 0 saturated heterocycles. The van der Waals surface area contributed by atoms with Gasteiger partial charge < -0.3 is 5.48 Å². The Morgan fingerprint density at radius 2 is 1.00 bits per heavy atom. The van der Waals surface area contributed by atoms with Crippen molar-refractivity contribution in [2.75, 3.05) is 0 Å². The fraction of sp³-hybridized carbons (Fsp3) is 1.00. The van der Waals surface area contributed by atoms with Gasteiger partial charge in [0.2, 0.25) is 0 Å². The third-order valence-electron chi connectivity index (χ3n) is 0.321. The maximum Gasteiger partial charge on any atom is 0.383 e. The minimum Gasteiger partial charge on any atom is -0.412 e. The topological polar surface area (TPSA) is 31.5 Å². The van der Waals surface area contributed by atoms with Gasteiger partial charge in [-0.05, 0) is 11.6 Å². The predicted octanol–water partition coefficient (Wildman–Crippen LogP) is 2.09. The first-order valence-corrected chi connectivity index (χ1v) is 2.52. The van der Waals surface area contributed by atoms with Gasteiger partial charge in [-0.3, -0.25) is 0 Å². The van der Waals surface area contributed by atoms with Crippen LogP contribution >= 0.6 is 34.8 Å². The second kappa shape index (κ2) is 3.14. The maximum absolute atomic E-state index is 11.5. The molecule has 0 aromatic rings. The first-order valence-electron chi connectivity index (χ1n) is 1.38. The largest absolute Gasteiger partial charge is 0.412 e. The smallest absolute Gasteiger partial charge is 0.383 e. The molecule has 0 spiro atoms. The van der Waals surface area contributed by atoms with Gasteiger partial charge in [0.15, 0.2) is 0 Å². The lowest BCUT2D eigenvalue weighted by Crippen LogP contribution is -2.27. The lowest BCUT2D eigenvalue weighted by Gasteiger charge is -2.13. The molecular formula is C2H2Cl3F3O. The summed E-state index contributed by atoms with van der Waals surface area (Å²) in [6.07, 6.45) is 0. The van der Waals surface area contributed by atoms with Crippen LogP contribution < -0.4 is 0 Å². The highest BCUT2D eigenvalue weighted by molar-refractivity contribution is 6.51. The highest BCUT2D eigenvalue weighted by atomic mass is 35.5. The van der Waals surface area contributed by atoms with Crippen LogP contribution in [0.2, 0.25) is 0 Å². The minimum absolute atomic E-state index is 0. The second-order valence-corrected chi connectivity index (χ2v) is 2.71. The third-order valence-corrected chi connectivity index (χ3v) is 1.25. The monoisotopic (exact) mass is 204 g/mol. The van der Waals surface area contributed by atoms with Gasteiger partial charge in [-0.1, -0.05) is 23.2 Å². The van der Waals surface area contributed by atoms with Crippen molar-refractivity contribution in [2.24, 2.45) is 0 Å². The van der Waals surface area contributed by atoms with Crippen LogP contribution in [0.4, 0.5) is 13.2 Å². The van der Waals surface area contributed by atoms with E-state index in [4.69, 9.17) is 0 Å². The average molecular weight is 205 g/mol. The van der Waals surface area contributed by atoms with Crippen LogP contribution in [0.15, 0.2) is 0 Å². The normalized spacial score (nSPS) is 12.7. The molecule has 0 aliphatic rings. The van der Waals surface area contributed by atoms with Gasteiger partial charge in [-0.25, -0.2) is 0 Å². The second-order valence-electron chi connectivity index (χ2n) is 0.996. The molecule has 0 aliphatic carbocycles. The van der Waals surface area contributed by atoms with Crippen molar-refractivity contribution in [3.05, 3.63) is 0 Å². The molecule has 0 amide bonds. The molecule has 0 bridgehead atoms. The van der Waals surface area contributed by atoms with E-state index in [-0.39, 0.29) is 5.48 Å². The van der Waals surface area contributed by atoms with E-state index >= 15 is 0 Å². The molecule has 7 heteroatoms. The Kier molecular flexibility index (Phi) is 4.30. The van der Waals surface area contributed by atoms with Crippen LogP contribution in [0.3, 0.4) is 0 Å². The summed E-state index contributed by atoms with van der Waals surface area (Å²) in [5.41, 5.74) is 0. The van der Waals surface area contributed by atoms with Crippen molar-refractivity contribution in [1.29, 1.82) is 0 Å². The summed E-state index contributed by atoms with van der Waals surface area (Å²) < 4.78 is 30.6. The molecule has 0 unspecified atom stereocenters.